The quantitative estimate of drug-likeness (QED) is 0.758. The summed E-state index contributed by atoms with van der Waals surface area (Å²) in [5, 5.41) is 13.3. The monoisotopic (exact) mass is 299 g/mol. The first-order valence-electron chi connectivity index (χ1n) is 7.13. The fourth-order valence-corrected chi connectivity index (χ4v) is 2.81. The molecule has 0 aliphatic heterocycles. The van der Waals surface area contributed by atoms with Gasteiger partial charge in [0.15, 0.2) is 5.82 Å². The van der Waals surface area contributed by atoms with Crippen molar-refractivity contribution in [2.24, 2.45) is 5.41 Å². The van der Waals surface area contributed by atoms with Gasteiger partial charge in [0.2, 0.25) is 0 Å². The van der Waals surface area contributed by atoms with Crippen molar-refractivity contribution in [3.8, 4) is 0 Å². The SMILES string of the molecule is CCOCc1nc(Cl)cc(NCC2(CO)CCCC2)n1. The molecule has 0 atom stereocenters. The van der Waals surface area contributed by atoms with Gasteiger partial charge in [0.1, 0.15) is 17.6 Å². The van der Waals surface area contributed by atoms with Crippen molar-refractivity contribution in [2.75, 3.05) is 25.1 Å². The summed E-state index contributed by atoms with van der Waals surface area (Å²) in [5.74, 6) is 1.27. The lowest BCUT2D eigenvalue weighted by Gasteiger charge is -2.26. The zero-order valence-corrected chi connectivity index (χ0v) is 12.6. The van der Waals surface area contributed by atoms with Crippen LogP contribution in [0.1, 0.15) is 38.4 Å². The molecule has 0 saturated heterocycles. The van der Waals surface area contributed by atoms with Crippen LogP contribution in [0.2, 0.25) is 5.15 Å². The number of hydrogen-bond acceptors (Lipinski definition) is 5. The van der Waals surface area contributed by atoms with Crippen molar-refractivity contribution < 1.29 is 9.84 Å². The second kappa shape index (κ2) is 7.20. The first-order valence-corrected chi connectivity index (χ1v) is 7.51. The van der Waals surface area contributed by atoms with Gasteiger partial charge in [-0.3, -0.25) is 0 Å². The topological polar surface area (TPSA) is 67.3 Å². The normalized spacial score (nSPS) is 17.4. The number of halogens is 1. The first kappa shape index (κ1) is 15.5. The van der Waals surface area contributed by atoms with Gasteiger partial charge in [-0.2, -0.15) is 0 Å². The Hall–Kier alpha value is -0.910. The lowest BCUT2D eigenvalue weighted by molar-refractivity contribution is 0.128. The highest BCUT2D eigenvalue weighted by atomic mass is 35.5. The van der Waals surface area contributed by atoms with Crippen LogP contribution in [0, 0.1) is 5.41 Å². The Balaban J connectivity index is 1.99. The van der Waals surface area contributed by atoms with Crippen LogP contribution in [0.5, 0.6) is 0 Å². The van der Waals surface area contributed by atoms with Crippen LogP contribution in [-0.2, 0) is 11.3 Å². The van der Waals surface area contributed by atoms with Gasteiger partial charge in [0.25, 0.3) is 0 Å². The molecule has 5 nitrogen and oxygen atoms in total. The average molecular weight is 300 g/mol. The molecule has 0 spiro atoms. The Labute approximate surface area is 124 Å². The van der Waals surface area contributed by atoms with E-state index in [9.17, 15) is 5.11 Å². The summed E-state index contributed by atoms with van der Waals surface area (Å²) >= 11 is 6.00. The van der Waals surface area contributed by atoms with Gasteiger partial charge in [-0.05, 0) is 19.8 Å². The van der Waals surface area contributed by atoms with E-state index < -0.39 is 0 Å². The van der Waals surface area contributed by atoms with E-state index in [4.69, 9.17) is 16.3 Å². The summed E-state index contributed by atoms with van der Waals surface area (Å²) in [7, 11) is 0. The molecule has 1 fully saturated rings. The number of aliphatic hydroxyl groups is 1. The largest absolute Gasteiger partial charge is 0.396 e. The fraction of sp³-hybridized carbons (Fsp3) is 0.714. The van der Waals surface area contributed by atoms with Crippen molar-refractivity contribution in [3.05, 3.63) is 17.0 Å². The van der Waals surface area contributed by atoms with E-state index in [-0.39, 0.29) is 12.0 Å². The average Bonchev–Trinajstić information content (AvgIpc) is 2.92. The predicted molar refractivity (Wildman–Crippen MR) is 78.8 cm³/mol. The third-order valence-corrected chi connectivity index (χ3v) is 4.01. The number of nitrogens with zero attached hydrogens (tertiary/aromatic N) is 2. The molecule has 2 rings (SSSR count). The standard InChI is InChI=1S/C14H22ClN3O2/c1-2-20-8-13-17-11(15)7-12(18-13)16-9-14(10-19)5-3-4-6-14/h7,19H,2-6,8-10H2,1H3,(H,16,17,18). The van der Waals surface area contributed by atoms with E-state index in [0.717, 1.165) is 12.8 Å². The molecule has 2 N–H and O–H groups in total. The van der Waals surface area contributed by atoms with Crippen molar-refractivity contribution in [1.29, 1.82) is 0 Å². The summed E-state index contributed by atoms with van der Waals surface area (Å²) in [6, 6.07) is 1.71. The Morgan fingerprint density at radius 3 is 2.80 bits per heavy atom. The molecular formula is C14H22ClN3O2. The molecule has 1 aliphatic rings. The minimum atomic E-state index is -0.0164. The maximum Gasteiger partial charge on any atom is 0.158 e. The lowest BCUT2D eigenvalue weighted by atomic mass is 9.87. The molecule has 0 unspecified atom stereocenters. The van der Waals surface area contributed by atoms with Gasteiger partial charge in [-0.25, -0.2) is 9.97 Å². The van der Waals surface area contributed by atoms with Gasteiger partial charge >= 0.3 is 0 Å². The predicted octanol–water partition coefficient (Wildman–Crippen LogP) is 2.63. The summed E-state index contributed by atoms with van der Waals surface area (Å²) in [4.78, 5) is 8.51. The molecule has 20 heavy (non-hydrogen) atoms. The fourth-order valence-electron chi connectivity index (χ4n) is 2.61. The highest BCUT2D eigenvalue weighted by molar-refractivity contribution is 6.29. The Morgan fingerprint density at radius 2 is 2.15 bits per heavy atom. The van der Waals surface area contributed by atoms with Crippen LogP contribution in [0.3, 0.4) is 0 Å². The Bertz CT molecular complexity index is 436. The maximum atomic E-state index is 9.60. The van der Waals surface area contributed by atoms with Crippen molar-refractivity contribution >= 4 is 17.4 Å². The number of aliphatic hydroxyl groups excluding tert-OH is 1. The van der Waals surface area contributed by atoms with E-state index in [1.165, 1.54) is 12.8 Å². The summed E-state index contributed by atoms with van der Waals surface area (Å²) in [5.41, 5.74) is -0.0164. The molecule has 0 amide bonds. The van der Waals surface area contributed by atoms with Crippen LogP contribution in [0.4, 0.5) is 5.82 Å². The molecule has 1 saturated carbocycles. The molecule has 1 aliphatic carbocycles. The molecule has 0 aromatic carbocycles. The van der Waals surface area contributed by atoms with Gasteiger partial charge < -0.3 is 15.2 Å². The number of anilines is 1. The molecule has 0 radical (unpaired) electrons. The van der Waals surface area contributed by atoms with Crippen LogP contribution >= 0.6 is 11.6 Å². The second-order valence-corrected chi connectivity index (χ2v) is 5.74. The Morgan fingerprint density at radius 1 is 1.40 bits per heavy atom. The van der Waals surface area contributed by atoms with Crippen LogP contribution in [0.25, 0.3) is 0 Å². The number of rotatable bonds is 7. The minimum Gasteiger partial charge on any atom is -0.396 e. The van der Waals surface area contributed by atoms with Crippen molar-refractivity contribution in [1.82, 2.24) is 9.97 Å². The van der Waals surface area contributed by atoms with Crippen molar-refractivity contribution in [3.63, 3.8) is 0 Å². The van der Waals surface area contributed by atoms with E-state index in [1.807, 2.05) is 6.92 Å². The van der Waals surface area contributed by atoms with E-state index >= 15 is 0 Å². The Kier molecular flexibility index (Phi) is 5.57. The highest BCUT2D eigenvalue weighted by Crippen LogP contribution is 2.37. The molecule has 112 valence electrons. The summed E-state index contributed by atoms with van der Waals surface area (Å²) in [6.45, 7) is 3.83. The highest BCUT2D eigenvalue weighted by Gasteiger charge is 2.33. The zero-order chi connectivity index (χ0) is 14.4. The van der Waals surface area contributed by atoms with Gasteiger partial charge in [-0.15, -0.1) is 0 Å². The maximum absolute atomic E-state index is 9.60. The summed E-state index contributed by atoms with van der Waals surface area (Å²) in [6.07, 6.45) is 4.48. The summed E-state index contributed by atoms with van der Waals surface area (Å²) < 4.78 is 5.30. The third kappa shape index (κ3) is 4.04. The van der Waals surface area contributed by atoms with E-state index in [0.29, 0.717) is 36.6 Å². The first-order chi connectivity index (χ1) is 9.67. The molecule has 6 heteroatoms. The van der Waals surface area contributed by atoms with E-state index in [1.54, 1.807) is 6.07 Å². The van der Waals surface area contributed by atoms with Crippen LogP contribution in [0.15, 0.2) is 6.07 Å². The van der Waals surface area contributed by atoms with Gasteiger partial charge in [-0.1, -0.05) is 24.4 Å². The molecule has 1 aromatic rings. The number of hydrogen-bond donors (Lipinski definition) is 2. The van der Waals surface area contributed by atoms with Crippen molar-refractivity contribution in [2.45, 2.75) is 39.2 Å². The second-order valence-electron chi connectivity index (χ2n) is 5.35. The molecule has 1 aromatic heterocycles. The van der Waals surface area contributed by atoms with Crippen LogP contribution < -0.4 is 5.32 Å². The van der Waals surface area contributed by atoms with Crippen LogP contribution in [-0.4, -0.2) is 34.8 Å². The number of aromatic nitrogens is 2. The third-order valence-electron chi connectivity index (χ3n) is 3.82. The lowest BCUT2D eigenvalue weighted by Crippen LogP contribution is -2.30. The molecule has 0 bridgehead atoms. The van der Waals surface area contributed by atoms with E-state index in [2.05, 4.69) is 15.3 Å². The van der Waals surface area contributed by atoms with Gasteiger partial charge in [0.05, 0.1) is 6.61 Å². The smallest absolute Gasteiger partial charge is 0.158 e. The van der Waals surface area contributed by atoms with Gasteiger partial charge in [0, 0.05) is 24.6 Å². The number of nitrogens with one attached hydrogen (secondary N) is 1. The molecular weight excluding hydrogens is 278 g/mol. The molecule has 1 heterocycles. The zero-order valence-electron chi connectivity index (χ0n) is 11.9. The number of ether oxygens (including phenoxy) is 1. The minimum absolute atomic E-state index is 0.0164.